The van der Waals surface area contributed by atoms with Crippen LogP contribution in [-0.2, 0) is 6.54 Å². The molecular weight excluding hydrogens is 208 g/mol. The molecule has 0 radical (unpaired) electrons. The summed E-state index contributed by atoms with van der Waals surface area (Å²) >= 11 is 0. The summed E-state index contributed by atoms with van der Waals surface area (Å²) in [6.07, 6.45) is 1.36. The van der Waals surface area contributed by atoms with Gasteiger partial charge in [-0.15, -0.1) is 0 Å². The number of aromatic nitrogens is 3. The van der Waals surface area contributed by atoms with Crippen LogP contribution >= 0.6 is 0 Å². The lowest BCUT2D eigenvalue weighted by Crippen LogP contribution is -2.23. The monoisotopic (exact) mass is 218 g/mol. The molecule has 1 heterocycles. The number of phenolic OH excluding ortho intramolecular Hbond substituents is 1. The minimum absolute atomic E-state index is 0.0439. The highest BCUT2D eigenvalue weighted by Gasteiger charge is 2.09. The van der Waals surface area contributed by atoms with E-state index in [4.69, 9.17) is 0 Å². The zero-order chi connectivity index (χ0) is 11.4. The van der Waals surface area contributed by atoms with Crippen LogP contribution in [0.5, 0.6) is 5.75 Å². The molecule has 0 fully saturated rings. The summed E-state index contributed by atoms with van der Waals surface area (Å²) in [5.74, 6) is 0.163. The minimum atomic E-state index is -0.352. The van der Waals surface area contributed by atoms with Crippen molar-refractivity contribution in [2.75, 3.05) is 0 Å². The highest BCUT2D eigenvalue weighted by molar-refractivity contribution is 5.96. The van der Waals surface area contributed by atoms with E-state index in [1.807, 2.05) is 0 Å². The Morgan fingerprint density at radius 3 is 2.94 bits per heavy atom. The maximum absolute atomic E-state index is 11.6. The van der Waals surface area contributed by atoms with Gasteiger partial charge in [-0.05, 0) is 12.1 Å². The third-order valence-corrected chi connectivity index (χ3v) is 2.03. The lowest BCUT2D eigenvalue weighted by molar-refractivity contribution is 0.0947. The number of hydrogen-bond donors (Lipinski definition) is 3. The fourth-order valence-electron chi connectivity index (χ4n) is 1.24. The van der Waals surface area contributed by atoms with Crippen molar-refractivity contribution in [3.63, 3.8) is 0 Å². The number of para-hydroxylation sites is 1. The van der Waals surface area contributed by atoms with E-state index in [1.54, 1.807) is 18.2 Å². The minimum Gasteiger partial charge on any atom is -0.507 e. The molecule has 1 aromatic heterocycles. The van der Waals surface area contributed by atoms with Crippen molar-refractivity contribution in [1.29, 1.82) is 0 Å². The second kappa shape index (κ2) is 4.43. The molecule has 16 heavy (non-hydrogen) atoms. The first-order valence-corrected chi connectivity index (χ1v) is 4.68. The number of hydrogen-bond acceptors (Lipinski definition) is 4. The van der Waals surface area contributed by atoms with Crippen molar-refractivity contribution in [3.8, 4) is 5.75 Å². The first-order valence-electron chi connectivity index (χ1n) is 4.68. The number of H-pyrrole nitrogens is 1. The molecule has 1 amide bonds. The van der Waals surface area contributed by atoms with E-state index in [0.29, 0.717) is 5.82 Å². The molecule has 0 aliphatic heterocycles. The van der Waals surface area contributed by atoms with Crippen molar-refractivity contribution in [3.05, 3.63) is 42.0 Å². The number of aromatic hydroxyl groups is 1. The predicted molar refractivity (Wildman–Crippen MR) is 55.7 cm³/mol. The van der Waals surface area contributed by atoms with E-state index >= 15 is 0 Å². The average molecular weight is 218 g/mol. The molecule has 82 valence electrons. The smallest absolute Gasteiger partial charge is 0.255 e. The van der Waals surface area contributed by atoms with Crippen molar-refractivity contribution >= 4 is 5.91 Å². The Bertz CT molecular complexity index is 481. The summed E-state index contributed by atoms with van der Waals surface area (Å²) in [5.41, 5.74) is 0.238. The predicted octanol–water partition coefficient (Wildman–Crippen LogP) is 0.440. The summed E-state index contributed by atoms with van der Waals surface area (Å²) < 4.78 is 0. The van der Waals surface area contributed by atoms with Gasteiger partial charge in [-0.2, -0.15) is 5.10 Å². The van der Waals surface area contributed by atoms with E-state index in [1.165, 1.54) is 12.4 Å². The fraction of sp³-hybridized carbons (Fsp3) is 0.100. The van der Waals surface area contributed by atoms with Crippen molar-refractivity contribution in [1.82, 2.24) is 20.5 Å². The molecule has 6 heteroatoms. The summed E-state index contributed by atoms with van der Waals surface area (Å²) in [6, 6.07) is 6.35. The molecule has 0 aliphatic carbocycles. The number of aromatic amines is 1. The average Bonchev–Trinajstić information content (AvgIpc) is 2.79. The number of phenols is 1. The largest absolute Gasteiger partial charge is 0.507 e. The molecule has 0 saturated carbocycles. The van der Waals surface area contributed by atoms with Gasteiger partial charge in [-0.3, -0.25) is 9.89 Å². The lowest BCUT2D eigenvalue weighted by atomic mass is 10.2. The van der Waals surface area contributed by atoms with Gasteiger partial charge in [0.15, 0.2) is 0 Å². The van der Waals surface area contributed by atoms with Crippen LogP contribution < -0.4 is 5.32 Å². The topological polar surface area (TPSA) is 90.9 Å². The number of carbonyl (C=O) groups excluding carboxylic acids is 1. The SMILES string of the molecule is O=C(NCc1ncn[nH]1)c1ccccc1O. The number of rotatable bonds is 3. The third kappa shape index (κ3) is 2.17. The van der Waals surface area contributed by atoms with Crippen LogP contribution in [0, 0.1) is 0 Å². The van der Waals surface area contributed by atoms with Gasteiger partial charge in [0.05, 0.1) is 12.1 Å². The molecule has 6 nitrogen and oxygen atoms in total. The quantitative estimate of drug-likeness (QED) is 0.697. The van der Waals surface area contributed by atoms with Gasteiger partial charge in [-0.25, -0.2) is 4.98 Å². The molecule has 1 aromatic carbocycles. The van der Waals surface area contributed by atoms with Crippen LogP contribution in [0.2, 0.25) is 0 Å². The van der Waals surface area contributed by atoms with Gasteiger partial charge < -0.3 is 10.4 Å². The summed E-state index contributed by atoms with van der Waals surface area (Å²) in [6.45, 7) is 0.243. The van der Waals surface area contributed by atoms with Gasteiger partial charge >= 0.3 is 0 Å². The Labute approximate surface area is 91.3 Å². The van der Waals surface area contributed by atoms with E-state index in [0.717, 1.165) is 0 Å². The van der Waals surface area contributed by atoms with Crippen molar-refractivity contribution < 1.29 is 9.90 Å². The molecule has 0 saturated heterocycles. The summed E-state index contributed by atoms with van der Waals surface area (Å²) in [4.78, 5) is 15.5. The fourth-order valence-corrected chi connectivity index (χ4v) is 1.24. The van der Waals surface area contributed by atoms with Crippen LogP contribution in [0.25, 0.3) is 0 Å². The maximum atomic E-state index is 11.6. The molecule has 0 spiro atoms. The second-order valence-corrected chi connectivity index (χ2v) is 3.13. The summed E-state index contributed by atoms with van der Waals surface area (Å²) in [7, 11) is 0. The van der Waals surface area contributed by atoms with Crippen LogP contribution in [0.1, 0.15) is 16.2 Å². The number of nitrogens with zero attached hydrogens (tertiary/aromatic N) is 2. The standard InChI is InChI=1S/C10H10N4O2/c15-8-4-2-1-3-7(8)10(16)11-5-9-12-6-13-14-9/h1-4,6,15H,5H2,(H,11,16)(H,12,13,14). The molecule has 0 aliphatic rings. The zero-order valence-electron chi connectivity index (χ0n) is 8.34. The molecule has 0 bridgehead atoms. The van der Waals surface area contributed by atoms with E-state index in [9.17, 15) is 9.90 Å². The highest BCUT2D eigenvalue weighted by Crippen LogP contribution is 2.14. The lowest BCUT2D eigenvalue weighted by Gasteiger charge is -2.04. The van der Waals surface area contributed by atoms with Crippen LogP contribution in [-0.4, -0.2) is 26.2 Å². The van der Waals surface area contributed by atoms with E-state index in [-0.39, 0.29) is 23.8 Å². The molecule has 0 unspecified atom stereocenters. The van der Waals surface area contributed by atoms with Gasteiger partial charge in [0.1, 0.15) is 17.9 Å². The van der Waals surface area contributed by atoms with Crippen LogP contribution in [0.4, 0.5) is 0 Å². The number of nitrogens with one attached hydrogen (secondary N) is 2. The van der Waals surface area contributed by atoms with Crippen LogP contribution in [0.3, 0.4) is 0 Å². The Hall–Kier alpha value is -2.37. The Kier molecular flexibility index (Phi) is 2.81. The number of benzene rings is 1. The number of amides is 1. The molecular formula is C10H10N4O2. The molecule has 2 aromatic rings. The Morgan fingerprint density at radius 2 is 2.25 bits per heavy atom. The second-order valence-electron chi connectivity index (χ2n) is 3.13. The zero-order valence-corrected chi connectivity index (χ0v) is 8.34. The normalized spacial score (nSPS) is 10.0. The van der Waals surface area contributed by atoms with Crippen LogP contribution in [0.15, 0.2) is 30.6 Å². The first-order chi connectivity index (χ1) is 7.77. The molecule has 3 N–H and O–H groups in total. The van der Waals surface area contributed by atoms with Crippen molar-refractivity contribution in [2.45, 2.75) is 6.54 Å². The van der Waals surface area contributed by atoms with Gasteiger partial charge in [0.2, 0.25) is 0 Å². The number of carbonyl (C=O) groups is 1. The third-order valence-electron chi connectivity index (χ3n) is 2.03. The van der Waals surface area contributed by atoms with E-state index < -0.39 is 0 Å². The van der Waals surface area contributed by atoms with Crippen molar-refractivity contribution in [2.24, 2.45) is 0 Å². The van der Waals surface area contributed by atoms with Gasteiger partial charge in [0.25, 0.3) is 5.91 Å². The summed E-state index contributed by atoms with van der Waals surface area (Å²) in [5, 5.41) is 18.3. The molecule has 2 rings (SSSR count). The highest BCUT2D eigenvalue weighted by atomic mass is 16.3. The molecule has 0 atom stereocenters. The Balaban J connectivity index is 2.01. The first kappa shape index (κ1) is 10.2. The van der Waals surface area contributed by atoms with Gasteiger partial charge in [-0.1, -0.05) is 12.1 Å². The van der Waals surface area contributed by atoms with Gasteiger partial charge in [0, 0.05) is 0 Å². The maximum Gasteiger partial charge on any atom is 0.255 e. The Morgan fingerprint density at radius 1 is 1.44 bits per heavy atom. The van der Waals surface area contributed by atoms with E-state index in [2.05, 4.69) is 20.5 Å².